The molecule has 0 spiro atoms. The molecule has 1 aromatic heterocycles. The number of anilines is 9. The molecule has 0 N–H and O–H groups in total. The fourth-order valence-electron chi connectivity index (χ4n) is 15.6. The van der Waals surface area contributed by atoms with Gasteiger partial charge >= 0.3 is 0 Å². The number of fused-ring (bicyclic) bond motifs is 10. The van der Waals surface area contributed by atoms with E-state index in [0.29, 0.717) is 0 Å². The summed E-state index contributed by atoms with van der Waals surface area (Å²) in [6.45, 7) is 42.9. The third-order valence-corrected chi connectivity index (χ3v) is 21.0. The molecule has 0 saturated heterocycles. The summed E-state index contributed by atoms with van der Waals surface area (Å²) in [7, 11) is 0. The lowest BCUT2D eigenvalue weighted by atomic mass is 9.33. The van der Waals surface area contributed by atoms with Gasteiger partial charge in [0.05, 0.1) is 11.4 Å². The number of hydrogen-bond donors (Lipinski definition) is 0. The standard InChI is InChI=1S/C81H86BN3O/c1-49-42-60-61(79(13,14)41-40-78(60,11)12)47-68(49)84-66-39-34-52(77(8,9)10)43-64(66)82-65-46-62-63(81(17,18)59-27-21-20-26-58(59)80(62,15)16)48-69(65)85(67-28-23-25-57-56-24-19-22-29-72(56)86-74(57)67)71-45-55(44-70(84)73(71)82)83(53-35-30-50(31-36-53)75(2,3)4)54-37-32-51(33-38-54)76(5,6)7/h19-39,42-48H,40-41H2,1-18H3. The number of nitrogens with zero attached hydrogens (tertiary/aromatic N) is 3. The molecule has 86 heavy (non-hydrogen) atoms. The molecule has 0 unspecified atom stereocenters. The quantitative estimate of drug-likeness (QED) is 0.160. The molecule has 4 nitrogen and oxygen atoms in total. The van der Waals surface area contributed by atoms with Crippen molar-refractivity contribution in [3.63, 3.8) is 0 Å². The molecule has 0 atom stereocenters. The SMILES string of the molecule is Cc1cc2c(cc1N1c3ccc(C(C)(C)C)cc3B3c4cc5c(cc4N(c4cccc6c4oc4ccccc46)c4cc(N(c6ccc(C(C)(C)C)cc6)c6ccc(C(C)(C)C)cc6)cc1c43)C(C)(C)c1ccccc1C5(C)C)C(C)(C)CCC2(C)C. The average molecular weight is 1130 g/mol. The van der Waals surface area contributed by atoms with E-state index in [1.165, 1.54) is 94.8 Å². The van der Waals surface area contributed by atoms with Crippen molar-refractivity contribution >= 4 is 96.2 Å². The van der Waals surface area contributed by atoms with Gasteiger partial charge < -0.3 is 19.1 Å². The Labute approximate surface area is 513 Å². The van der Waals surface area contributed by atoms with Crippen LogP contribution < -0.4 is 31.1 Å². The topological polar surface area (TPSA) is 22.9 Å². The van der Waals surface area contributed by atoms with Gasteiger partial charge in [0.1, 0.15) is 5.58 Å². The van der Waals surface area contributed by atoms with Gasteiger partial charge in [-0.15, -0.1) is 0 Å². The van der Waals surface area contributed by atoms with Crippen LogP contribution in [0.3, 0.4) is 0 Å². The summed E-state index contributed by atoms with van der Waals surface area (Å²) in [4.78, 5) is 7.86. The van der Waals surface area contributed by atoms with Crippen LogP contribution in [0.25, 0.3) is 21.9 Å². The maximum absolute atomic E-state index is 7.23. The molecule has 0 amide bonds. The van der Waals surface area contributed by atoms with E-state index < -0.39 is 0 Å². The maximum Gasteiger partial charge on any atom is 0.252 e. The molecule has 0 fully saturated rings. The second-order valence-corrected chi connectivity index (χ2v) is 31.4. The predicted molar refractivity (Wildman–Crippen MR) is 369 cm³/mol. The first-order chi connectivity index (χ1) is 40.4. The fraction of sp³-hybridized carbons (Fsp3) is 0.333. The largest absolute Gasteiger partial charge is 0.454 e. The van der Waals surface area contributed by atoms with E-state index in [0.717, 1.165) is 63.2 Å². The second-order valence-electron chi connectivity index (χ2n) is 31.4. The van der Waals surface area contributed by atoms with Crippen LogP contribution in [0, 0.1) is 6.92 Å². The predicted octanol–water partition coefficient (Wildman–Crippen LogP) is 20.7. The molecule has 434 valence electrons. The second kappa shape index (κ2) is 18.6. The van der Waals surface area contributed by atoms with E-state index in [1.807, 2.05) is 0 Å². The highest BCUT2D eigenvalue weighted by Gasteiger charge is 2.49. The lowest BCUT2D eigenvalue weighted by Crippen LogP contribution is -2.62. The third kappa shape index (κ3) is 8.43. The molecule has 9 aromatic carbocycles. The molecule has 2 aliphatic carbocycles. The zero-order chi connectivity index (χ0) is 60.7. The number of hydrogen-bond acceptors (Lipinski definition) is 4. The molecule has 14 rings (SSSR count). The fourth-order valence-corrected chi connectivity index (χ4v) is 15.6. The van der Waals surface area contributed by atoms with Gasteiger partial charge in [0.25, 0.3) is 6.71 Å². The number of para-hydroxylation sites is 2. The number of benzene rings is 9. The Morgan fingerprint density at radius 3 is 1.44 bits per heavy atom. The van der Waals surface area contributed by atoms with Crippen LogP contribution in [-0.4, -0.2) is 6.71 Å². The van der Waals surface area contributed by atoms with Gasteiger partial charge in [-0.25, -0.2) is 0 Å². The van der Waals surface area contributed by atoms with Crippen LogP contribution in [0.15, 0.2) is 174 Å². The monoisotopic (exact) mass is 1130 g/mol. The van der Waals surface area contributed by atoms with Crippen molar-refractivity contribution in [2.45, 2.75) is 175 Å². The number of furan rings is 1. The summed E-state index contributed by atoms with van der Waals surface area (Å²) in [5.41, 5.74) is 29.0. The number of aryl methyl sites for hydroxylation is 1. The Morgan fingerprint density at radius 2 is 0.872 bits per heavy atom. The van der Waals surface area contributed by atoms with Crippen LogP contribution in [0.4, 0.5) is 51.2 Å². The van der Waals surface area contributed by atoms with Gasteiger partial charge in [-0.3, -0.25) is 0 Å². The lowest BCUT2D eigenvalue weighted by Gasteiger charge is -2.49. The highest BCUT2D eigenvalue weighted by molar-refractivity contribution is 7.00. The van der Waals surface area contributed by atoms with Crippen LogP contribution in [-0.2, 0) is 37.9 Å². The normalized spacial score (nSPS) is 16.9. The van der Waals surface area contributed by atoms with Crippen molar-refractivity contribution in [1.29, 1.82) is 0 Å². The summed E-state index contributed by atoms with van der Waals surface area (Å²) in [6, 6.07) is 66.4. The van der Waals surface area contributed by atoms with Gasteiger partial charge in [0.15, 0.2) is 5.58 Å². The molecule has 0 radical (unpaired) electrons. The van der Waals surface area contributed by atoms with E-state index in [1.54, 1.807) is 0 Å². The minimum atomic E-state index is -0.303. The van der Waals surface area contributed by atoms with Gasteiger partial charge in [-0.2, -0.15) is 0 Å². The van der Waals surface area contributed by atoms with Gasteiger partial charge in [-0.05, 0) is 186 Å². The van der Waals surface area contributed by atoms with E-state index in [9.17, 15) is 0 Å². The van der Waals surface area contributed by atoms with E-state index in [-0.39, 0.29) is 44.6 Å². The Bertz CT molecular complexity index is 4370. The van der Waals surface area contributed by atoms with Crippen molar-refractivity contribution in [3.8, 4) is 0 Å². The minimum Gasteiger partial charge on any atom is -0.454 e. The molecular weight excluding hydrogens is 1040 g/mol. The third-order valence-electron chi connectivity index (χ3n) is 21.0. The molecule has 3 heterocycles. The molecule has 4 aliphatic rings. The van der Waals surface area contributed by atoms with E-state index in [2.05, 4.69) is 309 Å². The van der Waals surface area contributed by atoms with Crippen LogP contribution in [0.5, 0.6) is 0 Å². The molecule has 10 aromatic rings. The Morgan fingerprint density at radius 1 is 0.395 bits per heavy atom. The van der Waals surface area contributed by atoms with Crippen LogP contribution >= 0.6 is 0 Å². The van der Waals surface area contributed by atoms with Gasteiger partial charge in [-0.1, -0.05) is 221 Å². The summed E-state index contributed by atoms with van der Waals surface area (Å²) >= 11 is 0. The summed E-state index contributed by atoms with van der Waals surface area (Å²) < 4.78 is 7.23. The van der Waals surface area contributed by atoms with Crippen molar-refractivity contribution in [1.82, 2.24) is 0 Å². The number of rotatable bonds is 5. The Kier molecular flexibility index (Phi) is 12.1. The first-order valence-corrected chi connectivity index (χ1v) is 31.7. The zero-order valence-electron chi connectivity index (χ0n) is 54.4. The van der Waals surface area contributed by atoms with Gasteiger partial charge in [0.2, 0.25) is 0 Å². The lowest BCUT2D eigenvalue weighted by molar-refractivity contribution is 0.332. The minimum absolute atomic E-state index is 0.0135. The average Bonchev–Trinajstić information content (AvgIpc) is 0.747. The first kappa shape index (κ1) is 56.1. The molecular formula is C81H86BN3O. The van der Waals surface area contributed by atoms with Crippen molar-refractivity contribution in [3.05, 3.63) is 225 Å². The van der Waals surface area contributed by atoms with Crippen molar-refractivity contribution < 1.29 is 4.42 Å². The Hall–Kier alpha value is -7.76. The highest BCUT2D eigenvalue weighted by atomic mass is 16.3. The molecule has 2 aliphatic heterocycles. The first-order valence-electron chi connectivity index (χ1n) is 31.7. The van der Waals surface area contributed by atoms with Crippen LogP contribution in [0.1, 0.15) is 186 Å². The summed E-state index contributed by atoms with van der Waals surface area (Å²) in [6.07, 6.45) is 2.29. The molecule has 5 heteroatoms. The summed E-state index contributed by atoms with van der Waals surface area (Å²) in [5, 5.41) is 2.23. The Balaban J connectivity index is 1.16. The van der Waals surface area contributed by atoms with Crippen molar-refractivity contribution in [2.75, 3.05) is 14.7 Å². The smallest absolute Gasteiger partial charge is 0.252 e. The molecule has 0 saturated carbocycles. The summed E-state index contributed by atoms with van der Waals surface area (Å²) in [5.74, 6) is 0. The van der Waals surface area contributed by atoms with Gasteiger partial charge in [0, 0.05) is 61.4 Å². The zero-order valence-corrected chi connectivity index (χ0v) is 54.4. The van der Waals surface area contributed by atoms with E-state index in [4.69, 9.17) is 4.42 Å². The maximum atomic E-state index is 7.23. The van der Waals surface area contributed by atoms with Crippen LogP contribution in [0.2, 0.25) is 0 Å². The van der Waals surface area contributed by atoms with Crippen molar-refractivity contribution in [2.24, 2.45) is 0 Å². The highest BCUT2D eigenvalue weighted by Crippen LogP contribution is 2.56. The molecule has 0 bridgehead atoms. The van der Waals surface area contributed by atoms with E-state index >= 15 is 0 Å².